The first-order chi connectivity index (χ1) is 11.3. The van der Waals surface area contributed by atoms with Gasteiger partial charge in [0.1, 0.15) is 5.52 Å². The fourth-order valence-corrected chi connectivity index (χ4v) is 3.15. The average Bonchev–Trinajstić information content (AvgIpc) is 2.97. The van der Waals surface area contributed by atoms with Gasteiger partial charge < -0.3 is 10.3 Å². The zero-order valence-corrected chi connectivity index (χ0v) is 13.7. The Morgan fingerprint density at radius 1 is 1.22 bits per heavy atom. The first kappa shape index (κ1) is 15.6. The number of imidazole rings is 1. The topological polar surface area (TPSA) is 69.6 Å². The van der Waals surface area contributed by atoms with E-state index in [0.717, 1.165) is 24.2 Å². The van der Waals surface area contributed by atoms with Crippen LogP contribution in [0.15, 0.2) is 54.5 Å². The second-order valence-electron chi connectivity index (χ2n) is 5.19. The zero-order valence-electron chi connectivity index (χ0n) is 12.9. The number of rotatable bonds is 7. The van der Waals surface area contributed by atoms with E-state index < -0.39 is 0 Å². The third-order valence-corrected chi connectivity index (χ3v) is 4.41. The number of benzene rings is 1. The number of aryl methyl sites for hydroxylation is 1. The standard InChI is InChI=1S/C17H19N5S/c1-2-10-22-12-19-14-15(18)20-17(21-16(14)22)23-11-6-9-13-7-4-3-5-8-13/h2-5,7-8,12H,1,6,9-11H2,(H2,18,20,21). The number of hydrogen-bond donors (Lipinski definition) is 1. The molecule has 0 aliphatic rings. The van der Waals surface area contributed by atoms with Crippen LogP contribution in [0.2, 0.25) is 0 Å². The lowest BCUT2D eigenvalue weighted by Gasteiger charge is -2.04. The largest absolute Gasteiger partial charge is 0.382 e. The van der Waals surface area contributed by atoms with Gasteiger partial charge in [0, 0.05) is 12.3 Å². The Bertz CT molecular complexity index is 797. The summed E-state index contributed by atoms with van der Waals surface area (Å²) in [5, 5.41) is 0.703. The minimum Gasteiger partial charge on any atom is -0.382 e. The summed E-state index contributed by atoms with van der Waals surface area (Å²) in [7, 11) is 0. The van der Waals surface area contributed by atoms with E-state index in [1.165, 1.54) is 5.56 Å². The fourth-order valence-electron chi connectivity index (χ4n) is 2.37. The Kier molecular flexibility index (Phi) is 4.92. The van der Waals surface area contributed by atoms with E-state index in [0.29, 0.717) is 23.0 Å². The molecule has 2 heterocycles. The van der Waals surface area contributed by atoms with Crippen molar-refractivity contribution in [1.29, 1.82) is 0 Å². The van der Waals surface area contributed by atoms with Crippen molar-refractivity contribution in [2.75, 3.05) is 11.5 Å². The minimum absolute atomic E-state index is 0.434. The van der Waals surface area contributed by atoms with Gasteiger partial charge in [-0.2, -0.15) is 0 Å². The summed E-state index contributed by atoms with van der Waals surface area (Å²) in [6, 6.07) is 10.5. The number of nitrogen functional groups attached to an aromatic ring is 1. The average molecular weight is 325 g/mol. The van der Waals surface area contributed by atoms with E-state index in [1.807, 2.05) is 16.7 Å². The quantitative estimate of drug-likeness (QED) is 0.312. The number of anilines is 1. The molecule has 23 heavy (non-hydrogen) atoms. The van der Waals surface area contributed by atoms with Crippen molar-refractivity contribution in [2.24, 2.45) is 0 Å². The molecule has 3 rings (SSSR count). The van der Waals surface area contributed by atoms with Crippen molar-refractivity contribution in [1.82, 2.24) is 19.5 Å². The monoisotopic (exact) mass is 325 g/mol. The number of nitrogens with zero attached hydrogens (tertiary/aromatic N) is 4. The summed E-state index contributed by atoms with van der Waals surface area (Å²) in [6.07, 6.45) is 5.66. The van der Waals surface area contributed by atoms with Crippen LogP contribution in [0.3, 0.4) is 0 Å². The van der Waals surface area contributed by atoms with Crippen molar-refractivity contribution in [2.45, 2.75) is 24.5 Å². The van der Waals surface area contributed by atoms with E-state index in [-0.39, 0.29) is 0 Å². The van der Waals surface area contributed by atoms with E-state index in [4.69, 9.17) is 5.73 Å². The Labute approximate surface area is 139 Å². The lowest BCUT2D eigenvalue weighted by atomic mass is 10.1. The first-order valence-electron chi connectivity index (χ1n) is 7.54. The van der Waals surface area contributed by atoms with Gasteiger partial charge in [0.15, 0.2) is 16.6 Å². The summed E-state index contributed by atoms with van der Waals surface area (Å²) in [4.78, 5) is 13.2. The number of aromatic nitrogens is 4. The lowest BCUT2D eigenvalue weighted by molar-refractivity contribution is 0.827. The number of hydrogen-bond acceptors (Lipinski definition) is 5. The summed E-state index contributed by atoms with van der Waals surface area (Å²) in [6.45, 7) is 4.41. The summed E-state index contributed by atoms with van der Waals surface area (Å²) < 4.78 is 1.93. The molecule has 0 radical (unpaired) electrons. The molecule has 0 atom stereocenters. The van der Waals surface area contributed by atoms with Crippen LogP contribution < -0.4 is 5.73 Å². The highest BCUT2D eigenvalue weighted by atomic mass is 32.2. The molecule has 0 fully saturated rings. The van der Waals surface area contributed by atoms with Crippen LogP contribution in [0, 0.1) is 0 Å². The highest BCUT2D eigenvalue weighted by molar-refractivity contribution is 7.99. The van der Waals surface area contributed by atoms with Crippen LogP contribution in [0.4, 0.5) is 5.82 Å². The van der Waals surface area contributed by atoms with Gasteiger partial charge in [-0.25, -0.2) is 15.0 Å². The Hall–Kier alpha value is -2.34. The van der Waals surface area contributed by atoms with Crippen LogP contribution in [-0.2, 0) is 13.0 Å². The van der Waals surface area contributed by atoms with Crippen LogP contribution in [-0.4, -0.2) is 25.3 Å². The molecule has 5 nitrogen and oxygen atoms in total. The van der Waals surface area contributed by atoms with Crippen LogP contribution in [0.25, 0.3) is 11.2 Å². The molecule has 0 amide bonds. The van der Waals surface area contributed by atoms with Gasteiger partial charge in [-0.05, 0) is 18.4 Å². The Morgan fingerprint density at radius 3 is 2.83 bits per heavy atom. The van der Waals surface area contributed by atoms with Crippen molar-refractivity contribution in [3.8, 4) is 0 Å². The third-order valence-electron chi connectivity index (χ3n) is 3.48. The fraction of sp³-hybridized carbons (Fsp3) is 0.235. The SMILES string of the molecule is C=CCn1cnc2c(N)nc(SCCCc3ccccc3)nc21. The second-order valence-corrected chi connectivity index (χ2v) is 6.25. The number of fused-ring (bicyclic) bond motifs is 1. The molecule has 1 aromatic carbocycles. The highest BCUT2D eigenvalue weighted by Gasteiger charge is 2.11. The van der Waals surface area contributed by atoms with Gasteiger partial charge in [0.2, 0.25) is 0 Å². The molecule has 0 aliphatic carbocycles. The van der Waals surface area contributed by atoms with Crippen LogP contribution >= 0.6 is 11.8 Å². The number of nitrogens with two attached hydrogens (primary N) is 1. The lowest BCUT2D eigenvalue weighted by Crippen LogP contribution is -2.01. The summed E-state index contributed by atoms with van der Waals surface area (Å²) >= 11 is 1.63. The molecule has 6 heteroatoms. The smallest absolute Gasteiger partial charge is 0.191 e. The molecule has 2 aromatic heterocycles. The summed E-state index contributed by atoms with van der Waals surface area (Å²) in [5.41, 5.74) is 8.77. The second kappa shape index (κ2) is 7.28. The predicted molar refractivity (Wildman–Crippen MR) is 95.4 cm³/mol. The van der Waals surface area contributed by atoms with E-state index >= 15 is 0 Å². The maximum Gasteiger partial charge on any atom is 0.191 e. The van der Waals surface area contributed by atoms with Crippen molar-refractivity contribution in [3.05, 3.63) is 54.9 Å². The molecule has 2 N–H and O–H groups in total. The van der Waals surface area contributed by atoms with E-state index in [9.17, 15) is 0 Å². The van der Waals surface area contributed by atoms with Crippen LogP contribution in [0.1, 0.15) is 12.0 Å². The molecule has 0 unspecified atom stereocenters. The normalized spacial score (nSPS) is 11.0. The number of thioether (sulfide) groups is 1. The zero-order chi connectivity index (χ0) is 16.1. The van der Waals surface area contributed by atoms with E-state index in [2.05, 4.69) is 45.8 Å². The molecule has 0 saturated carbocycles. The van der Waals surface area contributed by atoms with Gasteiger partial charge in [-0.1, -0.05) is 48.2 Å². The minimum atomic E-state index is 0.434. The molecular weight excluding hydrogens is 306 g/mol. The maximum absolute atomic E-state index is 6.00. The molecule has 0 bridgehead atoms. The molecular formula is C17H19N5S. The number of allylic oxidation sites excluding steroid dienone is 1. The van der Waals surface area contributed by atoms with Crippen LogP contribution in [0.5, 0.6) is 0 Å². The third kappa shape index (κ3) is 3.71. The van der Waals surface area contributed by atoms with Crippen molar-refractivity contribution >= 4 is 28.7 Å². The molecule has 0 saturated heterocycles. The predicted octanol–water partition coefficient (Wildman–Crippen LogP) is 3.32. The Balaban J connectivity index is 1.65. The van der Waals surface area contributed by atoms with Crippen molar-refractivity contribution < 1.29 is 0 Å². The van der Waals surface area contributed by atoms with Gasteiger partial charge in [0.25, 0.3) is 0 Å². The molecule has 0 spiro atoms. The molecule has 0 aliphatic heterocycles. The van der Waals surface area contributed by atoms with E-state index in [1.54, 1.807) is 18.1 Å². The van der Waals surface area contributed by atoms with Gasteiger partial charge in [-0.15, -0.1) is 6.58 Å². The Morgan fingerprint density at radius 2 is 2.04 bits per heavy atom. The molecule has 3 aromatic rings. The molecule has 118 valence electrons. The van der Waals surface area contributed by atoms with Gasteiger partial charge in [-0.3, -0.25) is 0 Å². The highest BCUT2D eigenvalue weighted by Crippen LogP contribution is 2.22. The maximum atomic E-state index is 6.00. The van der Waals surface area contributed by atoms with Crippen molar-refractivity contribution in [3.63, 3.8) is 0 Å². The first-order valence-corrected chi connectivity index (χ1v) is 8.52. The summed E-state index contributed by atoms with van der Waals surface area (Å²) in [5.74, 6) is 1.39. The van der Waals surface area contributed by atoms with Gasteiger partial charge in [0.05, 0.1) is 6.33 Å². The van der Waals surface area contributed by atoms with Gasteiger partial charge >= 0.3 is 0 Å².